The van der Waals surface area contributed by atoms with E-state index >= 15 is 0 Å². The summed E-state index contributed by atoms with van der Waals surface area (Å²) in [6, 6.07) is 0.172. The normalized spacial score (nSPS) is 23.5. The summed E-state index contributed by atoms with van der Waals surface area (Å²) < 4.78 is 1.85. The zero-order chi connectivity index (χ0) is 17.8. The highest BCUT2D eigenvalue weighted by Crippen LogP contribution is 2.22. The quantitative estimate of drug-likeness (QED) is 0.778. The van der Waals surface area contributed by atoms with E-state index in [9.17, 15) is 9.59 Å². The minimum atomic E-state index is -0.141. The van der Waals surface area contributed by atoms with E-state index in [0.717, 1.165) is 25.9 Å². The van der Waals surface area contributed by atoms with Crippen LogP contribution in [0.15, 0.2) is 12.7 Å². The zero-order valence-electron chi connectivity index (χ0n) is 15.2. The average molecular weight is 348 g/mol. The van der Waals surface area contributed by atoms with E-state index in [1.807, 2.05) is 21.4 Å². The Bertz CT molecular complexity index is 582. The molecule has 0 bridgehead atoms. The number of piperidine rings is 1. The Kier molecular flexibility index (Phi) is 5.67. The Balaban J connectivity index is 1.60. The molecule has 2 saturated heterocycles. The van der Waals surface area contributed by atoms with Crippen LogP contribution in [0, 0.1) is 0 Å². The Hall–Kier alpha value is -1.96. The Morgan fingerprint density at radius 2 is 1.84 bits per heavy atom. The molecule has 2 amide bonds. The number of likely N-dealkylation sites (tertiary alicyclic amines) is 1. The molecule has 0 saturated carbocycles. The fraction of sp³-hybridized carbons (Fsp3) is 0.765. The van der Waals surface area contributed by atoms with Crippen molar-refractivity contribution in [2.24, 2.45) is 0 Å². The Labute approximate surface area is 148 Å². The minimum Gasteiger partial charge on any atom is -0.339 e. The third-order valence-corrected chi connectivity index (χ3v) is 5.43. The van der Waals surface area contributed by atoms with E-state index in [1.54, 1.807) is 19.6 Å². The maximum absolute atomic E-state index is 13.0. The van der Waals surface area contributed by atoms with E-state index in [4.69, 9.17) is 0 Å². The first kappa shape index (κ1) is 17.8. The minimum absolute atomic E-state index is 0.0871. The number of carbonyl (C=O) groups excluding carboxylic acids is 2. The van der Waals surface area contributed by atoms with Crippen molar-refractivity contribution in [1.29, 1.82) is 0 Å². The molecule has 0 aromatic carbocycles. The molecule has 2 aliphatic rings. The van der Waals surface area contributed by atoms with Crippen LogP contribution >= 0.6 is 0 Å². The van der Waals surface area contributed by atoms with Gasteiger partial charge in [0.15, 0.2) is 0 Å². The fourth-order valence-corrected chi connectivity index (χ4v) is 3.92. The lowest BCUT2D eigenvalue weighted by Gasteiger charge is -2.42. The van der Waals surface area contributed by atoms with Crippen molar-refractivity contribution in [3.05, 3.63) is 12.7 Å². The van der Waals surface area contributed by atoms with Crippen molar-refractivity contribution in [1.82, 2.24) is 29.5 Å². The largest absolute Gasteiger partial charge is 0.339 e. The van der Waals surface area contributed by atoms with E-state index in [1.165, 1.54) is 6.42 Å². The number of nitrogens with zero attached hydrogens (tertiary/aromatic N) is 6. The highest BCUT2D eigenvalue weighted by atomic mass is 16.2. The van der Waals surface area contributed by atoms with E-state index < -0.39 is 0 Å². The summed E-state index contributed by atoms with van der Waals surface area (Å²) in [6.45, 7) is 7.85. The first-order chi connectivity index (χ1) is 12.1. The highest BCUT2D eigenvalue weighted by molar-refractivity contribution is 5.82. The van der Waals surface area contributed by atoms with Crippen LogP contribution in [0.25, 0.3) is 0 Å². The smallest absolute Gasteiger partial charge is 0.239 e. The van der Waals surface area contributed by atoms with Gasteiger partial charge in [-0.15, -0.1) is 0 Å². The van der Waals surface area contributed by atoms with Gasteiger partial charge >= 0.3 is 0 Å². The van der Waals surface area contributed by atoms with Crippen molar-refractivity contribution >= 4 is 11.8 Å². The lowest BCUT2D eigenvalue weighted by atomic mass is 9.99. The van der Waals surface area contributed by atoms with Gasteiger partial charge in [-0.2, -0.15) is 5.10 Å². The molecule has 3 rings (SSSR count). The maximum Gasteiger partial charge on any atom is 0.239 e. The van der Waals surface area contributed by atoms with Crippen LogP contribution in [0.2, 0.25) is 0 Å². The summed E-state index contributed by atoms with van der Waals surface area (Å²) >= 11 is 0. The first-order valence-electron chi connectivity index (χ1n) is 9.18. The molecule has 0 aliphatic carbocycles. The zero-order valence-corrected chi connectivity index (χ0v) is 15.2. The molecule has 2 fully saturated rings. The van der Waals surface area contributed by atoms with E-state index in [0.29, 0.717) is 32.2 Å². The topological polar surface area (TPSA) is 74.6 Å². The van der Waals surface area contributed by atoms with Crippen LogP contribution in [0.3, 0.4) is 0 Å². The molecule has 8 nitrogen and oxygen atoms in total. The standard InChI is InChI=1S/C17H28N6O2/c1-14(17(25)21-9-7-20(8-10-21)15(2)24)23-6-4-3-5-16(23)11-22-13-18-12-19-22/h12-14,16H,3-11H2,1-2H3/t14-,16+/m1/s1. The number of piperazine rings is 1. The van der Waals surface area contributed by atoms with Crippen LogP contribution in [0.4, 0.5) is 0 Å². The summed E-state index contributed by atoms with van der Waals surface area (Å²) in [5, 5.41) is 4.21. The Morgan fingerprint density at radius 1 is 1.12 bits per heavy atom. The van der Waals surface area contributed by atoms with Gasteiger partial charge in [0.25, 0.3) is 0 Å². The molecular weight excluding hydrogens is 320 g/mol. The van der Waals surface area contributed by atoms with Crippen LogP contribution in [0.1, 0.15) is 33.1 Å². The van der Waals surface area contributed by atoms with E-state index in [2.05, 4.69) is 15.0 Å². The van der Waals surface area contributed by atoms with Crippen molar-refractivity contribution in [3.63, 3.8) is 0 Å². The van der Waals surface area contributed by atoms with Crippen LogP contribution in [-0.4, -0.2) is 86.1 Å². The summed E-state index contributed by atoms with van der Waals surface area (Å²) in [6.07, 6.45) is 6.68. The Morgan fingerprint density at radius 3 is 2.48 bits per heavy atom. The van der Waals surface area contributed by atoms with Crippen LogP contribution < -0.4 is 0 Å². The SMILES string of the molecule is CC(=O)N1CCN(C(=O)[C@@H](C)N2CCCC[C@H]2Cn2cncn2)CC1. The van der Waals surface area contributed by atoms with Gasteiger partial charge in [0.2, 0.25) is 11.8 Å². The monoisotopic (exact) mass is 348 g/mol. The molecule has 3 heterocycles. The molecule has 25 heavy (non-hydrogen) atoms. The number of hydrogen-bond donors (Lipinski definition) is 0. The predicted molar refractivity (Wildman–Crippen MR) is 92.7 cm³/mol. The molecule has 8 heteroatoms. The molecule has 1 aromatic rings. The molecule has 0 unspecified atom stereocenters. The van der Waals surface area contributed by atoms with Gasteiger partial charge in [-0.3, -0.25) is 19.2 Å². The van der Waals surface area contributed by atoms with Gasteiger partial charge < -0.3 is 9.80 Å². The van der Waals surface area contributed by atoms with Crippen molar-refractivity contribution < 1.29 is 9.59 Å². The lowest BCUT2D eigenvalue weighted by Crippen LogP contribution is -2.57. The summed E-state index contributed by atoms with van der Waals surface area (Å²) in [5.41, 5.74) is 0. The number of hydrogen-bond acceptors (Lipinski definition) is 5. The molecule has 0 N–H and O–H groups in total. The summed E-state index contributed by atoms with van der Waals surface area (Å²) in [4.78, 5) is 34.5. The molecule has 1 aromatic heterocycles. The maximum atomic E-state index is 13.0. The van der Waals surface area contributed by atoms with Crippen LogP contribution in [0.5, 0.6) is 0 Å². The second-order valence-electron chi connectivity index (χ2n) is 7.01. The number of amides is 2. The second-order valence-corrected chi connectivity index (χ2v) is 7.01. The van der Waals surface area contributed by atoms with E-state index in [-0.39, 0.29) is 17.9 Å². The molecule has 138 valence electrons. The molecule has 0 radical (unpaired) electrons. The highest BCUT2D eigenvalue weighted by Gasteiger charge is 2.34. The van der Waals surface area contributed by atoms with Gasteiger partial charge in [0.1, 0.15) is 12.7 Å². The number of rotatable bonds is 4. The fourth-order valence-electron chi connectivity index (χ4n) is 3.92. The van der Waals surface area contributed by atoms with Gasteiger partial charge in [-0.05, 0) is 26.3 Å². The number of aromatic nitrogens is 3. The predicted octanol–water partition coefficient (Wildman–Crippen LogP) is 0.212. The summed E-state index contributed by atoms with van der Waals surface area (Å²) in [7, 11) is 0. The van der Waals surface area contributed by atoms with Gasteiger partial charge in [0, 0.05) is 39.1 Å². The van der Waals surface area contributed by atoms with Crippen molar-refractivity contribution in [3.8, 4) is 0 Å². The van der Waals surface area contributed by atoms with Crippen molar-refractivity contribution in [2.45, 2.75) is 51.7 Å². The average Bonchev–Trinajstić information content (AvgIpc) is 3.14. The third-order valence-electron chi connectivity index (χ3n) is 5.43. The first-order valence-corrected chi connectivity index (χ1v) is 9.18. The summed E-state index contributed by atoms with van der Waals surface area (Å²) in [5.74, 6) is 0.262. The van der Waals surface area contributed by atoms with Crippen LogP contribution in [-0.2, 0) is 16.1 Å². The van der Waals surface area contributed by atoms with Crippen molar-refractivity contribution in [2.75, 3.05) is 32.7 Å². The molecule has 0 spiro atoms. The lowest BCUT2D eigenvalue weighted by molar-refractivity contribution is -0.143. The molecule has 2 atom stereocenters. The molecule has 2 aliphatic heterocycles. The third kappa shape index (κ3) is 4.18. The second kappa shape index (κ2) is 7.95. The van der Waals surface area contributed by atoms with Gasteiger partial charge in [-0.25, -0.2) is 4.98 Å². The van der Waals surface area contributed by atoms with Gasteiger partial charge in [-0.1, -0.05) is 6.42 Å². The molecular formula is C17H28N6O2. The van der Waals surface area contributed by atoms with Gasteiger partial charge in [0.05, 0.1) is 12.6 Å². The number of carbonyl (C=O) groups is 2.